The number of aliphatic imine (C=N–C) groups is 1. The number of aryl methyl sites for hydroxylation is 5. The Kier molecular flexibility index (Phi) is 4.39. The van der Waals surface area contributed by atoms with Crippen LogP contribution in [0.4, 0.5) is 5.69 Å². The molecule has 0 unspecified atom stereocenters. The minimum Gasteiger partial charge on any atom is -0.506 e. The zero-order valence-corrected chi connectivity index (χ0v) is 16.9. The van der Waals surface area contributed by atoms with Crippen LogP contribution in [0.3, 0.4) is 0 Å². The lowest BCUT2D eigenvalue weighted by atomic mass is 9.94. The highest BCUT2D eigenvalue weighted by molar-refractivity contribution is 9.10. The van der Waals surface area contributed by atoms with Crippen molar-refractivity contribution in [1.29, 1.82) is 0 Å². The van der Waals surface area contributed by atoms with Crippen LogP contribution in [0, 0.1) is 20.8 Å². The fourth-order valence-corrected chi connectivity index (χ4v) is 4.47. The van der Waals surface area contributed by atoms with Crippen molar-refractivity contribution in [3.05, 3.63) is 56.2 Å². The molecular formula is C22H22BrNO2. The molecule has 4 heteroatoms. The minimum atomic E-state index is 0.220. The van der Waals surface area contributed by atoms with E-state index in [1.807, 2.05) is 6.07 Å². The lowest BCUT2D eigenvalue weighted by Gasteiger charge is -2.11. The number of benzene rings is 2. The Morgan fingerprint density at radius 1 is 1.08 bits per heavy atom. The number of hydrogen-bond acceptors (Lipinski definition) is 3. The average molecular weight is 412 g/mol. The van der Waals surface area contributed by atoms with Gasteiger partial charge in [0.05, 0.1) is 10.2 Å². The van der Waals surface area contributed by atoms with E-state index >= 15 is 0 Å². The van der Waals surface area contributed by atoms with Crippen LogP contribution in [-0.4, -0.2) is 11.3 Å². The maximum Gasteiger partial charge on any atom is 0.139 e. The van der Waals surface area contributed by atoms with Crippen molar-refractivity contribution in [2.45, 2.75) is 46.5 Å². The highest BCUT2D eigenvalue weighted by atomic mass is 79.9. The summed E-state index contributed by atoms with van der Waals surface area (Å²) in [5.41, 5.74) is 7.25. The number of rotatable bonds is 2. The van der Waals surface area contributed by atoms with E-state index in [1.165, 1.54) is 11.1 Å². The Hall–Kier alpha value is -2.07. The zero-order valence-electron chi connectivity index (χ0n) is 15.3. The first kappa shape index (κ1) is 17.3. The SMILES string of the molecule is Cc1cc(C)c(N=Cc2c(O)c(Br)cc3oc4c(c23)CCCC4)c(C)c1. The van der Waals surface area contributed by atoms with Crippen LogP contribution in [-0.2, 0) is 12.8 Å². The van der Waals surface area contributed by atoms with Gasteiger partial charge in [-0.15, -0.1) is 0 Å². The predicted molar refractivity (Wildman–Crippen MR) is 110 cm³/mol. The molecule has 0 bridgehead atoms. The lowest BCUT2D eigenvalue weighted by Crippen LogP contribution is -2.00. The highest BCUT2D eigenvalue weighted by Crippen LogP contribution is 2.40. The molecule has 0 fully saturated rings. The van der Waals surface area contributed by atoms with E-state index in [-0.39, 0.29) is 5.75 Å². The van der Waals surface area contributed by atoms with Gasteiger partial charge < -0.3 is 9.52 Å². The van der Waals surface area contributed by atoms with Gasteiger partial charge in [-0.1, -0.05) is 17.7 Å². The molecule has 0 radical (unpaired) electrons. The molecule has 3 nitrogen and oxygen atoms in total. The first-order valence-electron chi connectivity index (χ1n) is 9.03. The number of hydrogen-bond donors (Lipinski definition) is 1. The molecule has 0 aliphatic heterocycles. The smallest absolute Gasteiger partial charge is 0.139 e. The zero-order chi connectivity index (χ0) is 18.4. The molecule has 2 aromatic carbocycles. The monoisotopic (exact) mass is 411 g/mol. The summed E-state index contributed by atoms with van der Waals surface area (Å²) >= 11 is 3.45. The van der Waals surface area contributed by atoms with Crippen molar-refractivity contribution in [2.24, 2.45) is 4.99 Å². The summed E-state index contributed by atoms with van der Waals surface area (Å²) in [6.45, 7) is 6.24. The summed E-state index contributed by atoms with van der Waals surface area (Å²) in [6.07, 6.45) is 6.07. The molecule has 0 amide bonds. The van der Waals surface area contributed by atoms with E-state index in [1.54, 1.807) is 6.21 Å². The first-order chi connectivity index (χ1) is 12.5. The van der Waals surface area contributed by atoms with Crippen molar-refractivity contribution in [3.8, 4) is 5.75 Å². The number of phenolic OH excluding ortho intramolecular Hbond substituents is 1. The van der Waals surface area contributed by atoms with Crippen LogP contribution in [0.15, 0.2) is 32.1 Å². The van der Waals surface area contributed by atoms with Gasteiger partial charge in [0, 0.05) is 29.1 Å². The standard InChI is InChI=1S/C22H22BrNO2/c1-12-8-13(2)21(14(3)9-12)24-11-16-20-15-6-4-5-7-18(15)26-19(20)10-17(23)22(16)25/h8-11,25H,4-7H2,1-3H3. The summed E-state index contributed by atoms with van der Waals surface area (Å²) in [6, 6.07) is 6.13. The number of phenols is 1. The second-order valence-electron chi connectivity index (χ2n) is 7.21. The molecule has 3 aromatic rings. The molecule has 0 saturated heterocycles. The van der Waals surface area contributed by atoms with Gasteiger partial charge >= 0.3 is 0 Å². The third-order valence-corrected chi connectivity index (χ3v) is 5.77. The second-order valence-corrected chi connectivity index (χ2v) is 8.06. The average Bonchev–Trinajstić information content (AvgIpc) is 2.94. The Labute approximate surface area is 161 Å². The first-order valence-corrected chi connectivity index (χ1v) is 9.82. The van der Waals surface area contributed by atoms with Crippen LogP contribution < -0.4 is 0 Å². The second kappa shape index (κ2) is 6.58. The Balaban J connectivity index is 1.91. The van der Waals surface area contributed by atoms with Crippen LogP contribution >= 0.6 is 15.9 Å². The number of aromatic hydroxyl groups is 1. The van der Waals surface area contributed by atoms with Gasteiger partial charge in [0.15, 0.2) is 0 Å². The molecule has 1 N–H and O–H groups in total. The van der Waals surface area contributed by atoms with Crippen LogP contribution in [0.5, 0.6) is 5.75 Å². The largest absolute Gasteiger partial charge is 0.506 e. The van der Waals surface area contributed by atoms with Gasteiger partial charge in [0.1, 0.15) is 17.1 Å². The predicted octanol–water partition coefficient (Wildman–Crippen LogP) is 6.46. The number of nitrogens with zero attached hydrogens (tertiary/aromatic N) is 1. The van der Waals surface area contributed by atoms with E-state index in [9.17, 15) is 5.11 Å². The molecule has 4 rings (SSSR count). The highest BCUT2D eigenvalue weighted by Gasteiger charge is 2.22. The molecule has 0 spiro atoms. The summed E-state index contributed by atoms with van der Waals surface area (Å²) in [7, 11) is 0. The number of halogens is 1. The van der Waals surface area contributed by atoms with E-state index in [4.69, 9.17) is 9.41 Å². The molecule has 1 aliphatic carbocycles. The Morgan fingerprint density at radius 3 is 2.50 bits per heavy atom. The molecule has 0 saturated carbocycles. The maximum atomic E-state index is 10.7. The van der Waals surface area contributed by atoms with Crippen LogP contribution in [0.25, 0.3) is 11.0 Å². The Bertz CT molecular complexity index is 1020. The van der Waals surface area contributed by atoms with Crippen molar-refractivity contribution in [3.63, 3.8) is 0 Å². The molecule has 26 heavy (non-hydrogen) atoms. The fourth-order valence-electron chi connectivity index (χ4n) is 4.05. The fraction of sp³-hybridized carbons (Fsp3) is 0.318. The van der Waals surface area contributed by atoms with E-state index in [2.05, 4.69) is 48.8 Å². The third-order valence-electron chi connectivity index (χ3n) is 5.17. The van der Waals surface area contributed by atoms with Crippen LogP contribution in [0.2, 0.25) is 0 Å². The quantitative estimate of drug-likeness (QED) is 0.492. The summed E-state index contributed by atoms with van der Waals surface area (Å²) < 4.78 is 6.71. The topological polar surface area (TPSA) is 45.7 Å². The Morgan fingerprint density at radius 2 is 1.77 bits per heavy atom. The van der Waals surface area contributed by atoms with Gasteiger partial charge in [-0.05, 0) is 73.2 Å². The number of furan rings is 1. The van der Waals surface area contributed by atoms with Gasteiger partial charge in [-0.25, -0.2) is 0 Å². The maximum absolute atomic E-state index is 10.7. The summed E-state index contributed by atoms with van der Waals surface area (Å²) in [5, 5.41) is 11.7. The molecule has 134 valence electrons. The lowest BCUT2D eigenvalue weighted by molar-refractivity contribution is 0.471. The van der Waals surface area contributed by atoms with E-state index < -0.39 is 0 Å². The third kappa shape index (κ3) is 2.86. The van der Waals surface area contributed by atoms with Gasteiger partial charge in [-0.3, -0.25) is 4.99 Å². The molecule has 0 atom stereocenters. The van der Waals surface area contributed by atoms with Crippen LogP contribution in [0.1, 0.15) is 46.4 Å². The molecule has 1 heterocycles. The van der Waals surface area contributed by atoms with Gasteiger partial charge in [-0.2, -0.15) is 0 Å². The van der Waals surface area contributed by atoms with Crippen molar-refractivity contribution < 1.29 is 9.52 Å². The minimum absolute atomic E-state index is 0.220. The molecule has 1 aromatic heterocycles. The molecular weight excluding hydrogens is 390 g/mol. The summed E-state index contributed by atoms with van der Waals surface area (Å²) in [5.74, 6) is 1.28. The number of fused-ring (bicyclic) bond motifs is 3. The van der Waals surface area contributed by atoms with Crippen molar-refractivity contribution in [1.82, 2.24) is 0 Å². The summed E-state index contributed by atoms with van der Waals surface area (Å²) in [4.78, 5) is 4.75. The normalized spacial score (nSPS) is 14.3. The molecule has 1 aliphatic rings. The van der Waals surface area contributed by atoms with E-state index in [0.29, 0.717) is 4.47 Å². The van der Waals surface area contributed by atoms with Gasteiger partial charge in [0.25, 0.3) is 0 Å². The van der Waals surface area contributed by atoms with Crippen molar-refractivity contribution in [2.75, 3.05) is 0 Å². The van der Waals surface area contributed by atoms with E-state index in [0.717, 1.165) is 64.8 Å². The van der Waals surface area contributed by atoms with Crippen molar-refractivity contribution >= 4 is 38.8 Å². The van der Waals surface area contributed by atoms with Gasteiger partial charge in [0.2, 0.25) is 0 Å².